The molecule has 4 rings (SSSR count). The summed E-state index contributed by atoms with van der Waals surface area (Å²) in [5.41, 5.74) is 1.28. The van der Waals surface area contributed by atoms with Crippen LogP contribution in [0, 0.1) is 0 Å². The topological polar surface area (TPSA) is 56.3 Å². The zero-order chi connectivity index (χ0) is 17.6. The summed E-state index contributed by atoms with van der Waals surface area (Å²) in [6.45, 7) is 6.75. The van der Waals surface area contributed by atoms with E-state index in [-0.39, 0.29) is 17.6 Å². The molecule has 6 heteroatoms. The molecule has 1 aromatic rings. The van der Waals surface area contributed by atoms with Gasteiger partial charge in [0.15, 0.2) is 0 Å². The van der Waals surface area contributed by atoms with Crippen molar-refractivity contribution in [1.82, 2.24) is 14.7 Å². The molecule has 0 aromatic heterocycles. The van der Waals surface area contributed by atoms with Crippen molar-refractivity contribution in [3.05, 3.63) is 29.8 Å². The summed E-state index contributed by atoms with van der Waals surface area (Å²) < 4.78 is 5.21. The summed E-state index contributed by atoms with van der Waals surface area (Å²) in [5.74, 6) is 1.02. The average Bonchev–Trinajstić information content (AvgIpc) is 2.94. The minimum absolute atomic E-state index is 0.0124. The molecule has 3 saturated heterocycles. The van der Waals surface area contributed by atoms with Crippen molar-refractivity contribution in [2.75, 3.05) is 39.8 Å². The standard InChI is InChI=1S/C19H27N3O3/c1-14(23)21-9-16-7-17(24)10-22(16)19(13-21)11-20(12-19)8-15-3-5-18(25-2)6-4-15/h3-6,16-17,24H,7-13H2,1-2H3/t16-,17+/m0/s1. The van der Waals surface area contributed by atoms with Crippen LogP contribution in [0.25, 0.3) is 0 Å². The van der Waals surface area contributed by atoms with Gasteiger partial charge in [0.25, 0.3) is 0 Å². The molecule has 0 aliphatic carbocycles. The van der Waals surface area contributed by atoms with Crippen LogP contribution in [0.1, 0.15) is 18.9 Å². The molecular formula is C19H27N3O3. The number of benzene rings is 1. The zero-order valence-electron chi connectivity index (χ0n) is 15.0. The predicted octanol–water partition coefficient (Wildman–Crippen LogP) is 0.547. The van der Waals surface area contributed by atoms with Crippen LogP contribution >= 0.6 is 0 Å². The second kappa shape index (κ2) is 6.27. The van der Waals surface area contributed by atoms with Crippen LogP contribution in [0.4, 0.5) is 0 Å². The largest absolute Gasteiger partial charge is 0.497 e. The smallest absolute Gasteiger partial charge is 0.219 e. The van der Waals surface area contributed by atoms with Gasteiger partial charge in [0.05, 0.1) is 18.8 Å². The van der Waals surface area contributed by atoms with Gasteiger partial charge in [0.1, 0.15) is 5.75 Å². The number of fused-ring (bicyclic) bond motifs is 2. The van der Waals surface area contributed by atoms with Crippen molar-refractivity contribution in [1.29, 1.82) is 0 Å². The molecule has 0 unspecified atom stereocenters. The lowest BCUT2D eigenvalue weighted by Crippen LogP contribution is -2.78. The van der Waals surface area contributed by atoms with Crippen molar-refractivity contribution < 1.29 is 14.6 Å². The monoisotopic (exact) mass is 345 g/mol. The van der Waals surface area contributed by atoms with Gasteiger partial charge in [-0.1, -0.05) is 12.1 Å². The molecule has 3 aliphatic rings. The lowest BCUT2D eigenvalue weighted by molar-refractivity contribution is -0.149. The molecule has 0 bridgehead atoms. The van der Waals surface area contributed by atoms with E-state index in [1.807, 2.05) is 17.0 Å². The maximum atomic E-state index is 11.9. The van der Waals surface area contributed by atoms with Gasteiger partial charge in [0, 0.05) is 52.2 Å². The molecule has 136 valence electrons. The fraction of sp³-hybridized carbons (Fsp3) is 0.632. The van der Waals surface area contributed by atoms with Crippen molar-refractivity contribution in [3.63, 3.8) is 0 Å². The molecule has 3 heterocycles. The SMILES string of the molecule is COc1ccc(CN2CC3(C2)CN(C(C)=O)C[C@@H]2C[C@@H](O)CN23)cc1. The Morgan fingerprint density at radius 3 is 2.60 bits per heavy atom. The molecule has 0 saturated carbocycles. The maximum absolute atomic E-state index is 11.9. The summed E-state index contributed by atoms with van der Waals surface area (Å²) in [6.07, 6.45) is 0.522. The van der Waals surface area contributed by atoms with Crippen molar-refractivity contribution in [2.24, 2.45) is 0 Å². The Balaban J connectivity index is 1.44. The van der Waals surface area contributed by atoms with E-state index in [4.69, 9.17) is 4.74 Å². The Hall–Kier alpha value is -1.63. The second-order valence-electron chi connectivity index (χ2n) is 7.81. The number of rotatable bonds is 3. The Bertz CT molecular complexity index is 642. The molecule has 1 amide bonds. The Labute approximate surface area is 149 Å². The van der Waals surface area contributed by atoms with Crippen LogP contribution in [0.5, 0.6) is 5.75 Å². The van der Waals surface area contributed by atoms with Crippen molar-refractivity contribution in [2.45, 2.75) is 37.6 Å². The van der Waals surface area contributed by atoms with E-state index < -0.39 is 0 Å². The van der Waals surface area contributed by atoms with E-state index in [1.54, 1.807) is 14.0 Å². The van der Waals surface area contributed by atoms with Gasteiger partial charge in [-0.3, -0.25) is 14.6 Å². The lowest BCUT2D eigenvalue weighted by Gasteiger charge is -2.61. The molecular weight excluding hydrogens is 318 g/mol. The number of hydrogen-bond acceptors (Lipinski definition) is 5. The highest BCUT2D eigenvalue weighted by Gasteiger charge is 2.56. The summed E-state index contributed by atoms with van der Waals surface area (Å²) in [6, 6.07) is 8.51. The van der Waals surface area contributed by atoms with E-state index in [2.05, 4.69) is 21.9 Å². The van der Waals surface area contributed by atoms with Crippen molar-refractivity contribution >= 4 is 5.91 Å². The molecule has 6 nitrogen and oxygen atoms in total. The third-order valence-electron chi connectivity index (χ3n) is 5.96. The van der Waals surface area contributed by atoms with Gasteiger partial charge in [-0.2, -0.15) is 0 Å². The average molecular weight is 345 g/mol. The van der Waals surface area contributed by atoms with E-state index in [0.29, 0.717) is 6.04 Å². The van der Waals surface area contributed by atoms with Crippen LogP contribution in [-0.2, 0) is 11.3 Å². The molecule has 1 aromatic carbocycles. The van der Waals surface area contributed by atoms with Gasteiger partial charge in [-0.15, -0.1) is 0 Å². The maximum Gasteiger partial charge on any atom is 0.219 e. The number of carbonyl (C=O) groups is 1. The number of nitrogens with zero attached hydrogens (tertiary/aromatic N) is 3. The molecule has 3 aliphatic heterocycles. The first kappa shape index (κ1) is 16.8. The summed E-state index contributed by atoms with van der Waals surface area (Å²) in [4.78, 5) is 18.8. The van der Waals surface area contributed by atoms with Crippen LogP contribution in [0.2, 0.25) is 0 Å². The van der Waals surface area contributed by atoms with E-state index in [0.717, 1.165) is 51.4 Å². The number of likely N-dealkylation sites (tertiary alicyclic amines) is 1. The number of ether oxygens (including phenoxy) is 1. The van der Waals surface area contributed by atoms with Crippen molar-refractivity contribution in [3.8, 4) is 5.75 Å². The van der Waals surface area contributed by atoms with Crippen LogP contribution in [0.3, 0.4) is 0 Å². The Kier molecular flexibility index (Phi) is 4.22. The second-order valence-corrected chi connectivity index (χ2v) is 7.81. The van der Waals surface area contributed by atoms with Gasteiger partial charge in [-0.25, -0.2) is 0 Å². The van der Waals surface area contributed by atoms with Gasteiger partial charge in [-0.05, 0) is 24.1 Å². The molecule has 25 heavy (non-hydrogen) atoms. The minimum Gasteiger partial charge on any atom is -0.497 e. The third kappa shape index (κ3) is 3.03. The molecule has 0 radical (unpaired) electrons. The highest BCUT2D eigenvalue weighted by molar-refractivity contribution is 5.73. The Morgan fingerprint density at radius 2 is 1.96 bits per heavy atom. The number of β-amino-alcohol motifs (C(OH)–C–C–N with tert-alkyl or cyclic N) is 1. The van der Waals surface area contributed by atoms with Gasteiger partial charge < -0.3 is 14.7 Å². The molecule has 1 N–H and O–H groups in total. The fourth-order valence-electron chi connectivity index (χ4n) is 4.82. The highest BCUT2D eigenvalue weighted by Crippen LogP contribution is 2.39. The lowest BCUT2D eigenvalue weighted by atomic mass is 9.83. The van der Waals surface area contributed by atoms with Gasteiger partial charge >= 0.3 is 0 Å². The quantitative estimate of drug-likeness (QED) is 0.867. The highest BCUT2D eigenvalue weighted by atomic mass is 16.5. The number of methoxy groups -OCH3 is 1. The number of carbonyl (C=O) groups excluding carboxylic acids is 1. The summed E-state index contributed by atoms with van der Waals surface area (Å²) in [5, 5.41) is 10.1. The van der Waals surface area contributed by atoms with E-state index >= 15 is 0 Å². The first-order valence-corrected chi connectivity index (χ1v) is 9.05. The Morgan fingerprint density at radius 1 is 1.24 bits per heavy atom. The predicted molar refractivity (Wildman–Crippen MR) is 94.4 cm³/mol. The number of amides is 1. The summed E-state index contributed by atoms with van der Waals surface area (Å²) in [7, 11) is 1.68. The van der Waals surface area contributed by atoms with Crippen LogP contribution in [0.15, 0.2) is 24.3 Å². The molecule has 3 fully saturated rings. The van der Waals surface area contributed by atoms with Crippen LogP contribution < -0.4 is 4.74 Å². The number of aliphatic hydroxyl groups is 1. The first-order chi connectivity index (χ1) is 12.0. The number of hydrogen-bond donors (Lipinski definition) is 1. The van der Waals surface area contributed by atoms with Gasteiger partial charge in [0.2, 0.25) is 5.91 Å². The minimum atomic E-state index is -0.260. The molecule has 2 atom stereocenters. The molecule has 1 spiro atoms. The third-order valence-corrected chi connectivity index (χ3v) is 5.96. The first-order valence-electron chi connectivity index (χ1n) is 9.05. The van der Waals surface area contributed by atoms with E-state index in [9.17, 15) is 9.90 Å². The summed E-state index contributed by atoms with van der Waals surface area (Å²) >= 11 is 0. The number of piperazine rings is 1. The fourth-order valence-corrected chi connectivity index (χ4v) is 4.82. The zero-order valence-corrected chi connectivity index (χ0v) is 15.0. The van der Waals surface area contributed by atoms with Crippen LogP contribution in [-0.4, -0.2) is 83.2 Å². The number of aliphatic hydroxyl groups excluding tert-OH is 1. The van der Waals surface area contributed by atoms with E-state index in [1.165, 1.54) is 5.56 Å². The normalized spacial score (nSPS) is 28.7.